The lowest BCUT2D eigenvalue weighted by Gasteiger charge is -2.21. The Balaban J connectivity index is 1.70. The molecule has 32 heavy (non-hydrogen) atoms. The van der Waals surface area contributed by atoms with E-state index in [1.165, 1.54) is 48.2 Å². The highest BCUT2D eigenvalue weighted by molar-refractivity contribution is 5.85. The Morgan fingerprint density at radius 3 is 2.62 bits per heavy atom. The van der Waals surface area contributed by atoms with E-state index in [9.17, 15) is 28.3 Å². The number of alkyl halides is 2. The molecule has 2 aromatic rings. The first-order valence-electron chi connectivity index (χ1n) is 9.56. The second kappa shape index (κ2) is 9.58. The van der Waals surface area contributed by atoms with Gasteiger partial charge in [-0.3, -0.25) is 4.79 Å². The molecule has 170 valence electrons. The van der Waals surface area contributed by atoms with Gasteiger partial charge in [-0.25, -0.2) is 14.6 Å². The maximum Gasteiger partial charge on any atom is 0.387 e. The van der Waals surface area contributed by atoms with Crippen molar-refractivity contribution in [3.8, 4) is 11.5 Å². The van der Waals surface area contributed by atoms with Gasteiger partial charge in [0.1, 0.15) is 18.3 Å². The van der Waals surface area contributed by atoms with Gasteiger partial charge in [-0.2, -0.15) is 8.78 Å². The van der Waals surface area contributed by atoms with Crippen molar-refractivity contribution >= 4 is 17.8 Å². The summed E-state index contributed by atoms with van der Waals surface area (Å²) in [6.45, 7) is -1.89. The number of carbonyl (C=O) groups is 3. The van der Waals surface area contributed by atoms with Crippen molar-refractivity contribution in [3.05, 3.63) is 53.3 Å². The summed E-state index contributed by atoms with van der Waals surface area (Å²) < 4.78 is 34.2. The number of nitrogens with zero attached hydrogens (tertiary/aromatic N) is 2. The molecule has 0 aliphatic carbocycles. The predicted octanol–water partition coefficient (Wildman–Crippen LogP) is 2.53. The first-order valence-corrected chi connectivity index (χ1v) is 9.56. The molecule has 1 aromatic heterocycles. The van der Waals surface area contributed by atoms with Crippen LogP contribution in [0.3, 0.4) is 0 Å². The van der Waals surface area contributed by atoms with Gasteiger partial charge in [-0.15, -0.1) is 0 Å². The van der Waals surface area contributed by atoms with Crippen molar-refractivity contribution in [1.82, 2.24) is 9.88 Å². The Hall–Kier alpha value is -3.76. The molecule has 1 saturated heterocycles. The molecule has 1 aliphatic heterocycles. The van der Waals surface area contributed by atoms with Crippen LogP contribution in [0.15, 0.2) is 36.4 Å². The fraction of sp³-hybridized carbons (Fsp3) is 0.333. The Kier molecular flexibility index (Phi) is 6.86. The lowest BCUT2D eigenvalue weighted by Crippen LogP contribution is -2.40. The number of hydrogen-bond acceptors (Lipinski definition) is 7. The monoisotopic (exact) mass is 450 g/mol. The number of hydrogen-bond donors (Lipinski definition) is 2. The number of esters is 1. The number of phenols is 1. The summed E-state index contributed by atoms with van der Waals surface area (Å²) in [5, 5.41) is 18.9. The molecule has 0 bridgehead atoms. The lowest BCUT2D eigenvalue weighted by molar-refractivity contribution is -0.154. The highest BCUT2D eigenvalue weighted by atomic mass is 19.3. The van der Waals surface area contributed by atoms with Crippen LogP contribution in [0.25, 0.3) is 0 Å². The number of ether oxygens (including phenoxy) is 2. The molecule has 2 atom stereocenters. The quantitative estimate of drug-likeness (QED) is 0.617. The van der Waals surface area contributed by atoms with Crippen molar-refractivity contribution in [1.29, 1.82) is 0 Å². The molecule has 9 nitrogen and oxygen atoms in total. The zero-order valence-corrected chi connectivity index (χ0v) is 16.9. The van der Waals surface area contributed by atoms with Gasteiger partial charge >= 0.3 is 18.6 Å². The lowest BCUT2D eigenvalue weighted by atomic mass is 9.96. The minimum Gasteiger partial charge on any atom is -0.504 e. The standard InChI is InChI=1S/C21H20F2N2O7/c1-11(26)25-9-13(12-5-6-18(17(27)8-12)32-21(22)23)7-16(25)20(30)31-10-14-3-2-4-15(24-14)19(28)29/h2-6,8,13,16,21,27H,7,9-10H2,1H3,(H,28,29)/t13-,16-/m1/s1. The Morgan fingerprint density at radius 2 is 2.00 bits per heavy atom. The predicted molar refractivity (Wildman–Crippen MR) is 104 cm³/mol. The van der Waals surface area contributed by atoms with Crippen molar-refractivity contribution in [2.45, 2.75) is 38.5 Å². The number of carbonyl (C=O) groups excluding carboxylic acids is 2. The zero-order chi connectivity index (χ0) is 23.4. The number of likely N-dealkylation sites (tertiary alicyclic amines) is 1. The van der Waals surface area contributed by atoms with E-state index in [2.05, 4.69) is 9.72 Å². The molecular formula is C21H20F2N2O7. The SMILES string of the molecule is CC(=O)N1C[C@H](c2ccc(OC(F)F)c(O)c2)C[C@@H]1C(=O)OCc1cccc(C(=O)O)n1. The maximum atomic E-state index is 12.7. The van der Waals surface area contributed by atoms with E-state index < -0.39 is 30.3 Å². The smallest absolute Gasteiger partial charge is 0.387 e. The van der Waals surface area contributed by atoms with Gasteiger partial charge in [-0.1, -0.05) is 12.1 Å². The molecule has 1 amide bonds. The van der Waals surface area contributed by atoms with Gasteiger partial charge in [0.2, 0.25) is 5.91 Å². The minimum atomic E-state index is -3.09. The van der Waals surface area contributed by atoms with Crippen LogP contribution in [0.2, 0.25) is 0 Å². The number of halogens is 2. The number of aromatic carboxylic acids is 1. The van der Waals surface area contributed by atoms with E-state index >= 15 is 0 Å². The highest BCUT2D eigenvalue weighted by Gasteiger charge is 2.40. The van der Waals surface area contributed by atoms with Crippen molar-refractivity contribution in [3.63, 3.8) is 0 Å². The average Bonchev–Trinajstić information content (AvgIpc) is 3.19. The van der Waals surface area contributed by atoms with E-state index in [-0.39, 0.29) is 48.5 Å². The molecule has 0 spiro atoms. The van der Waals surface area contributed by atoms with E-state index in [1.54, 1.807) is 0 Å². The average molecular weight is 450 g/mol. The maximum absolute atomic E-state index is 12.7. The number of pyridine rings is 1. The molecule has 1 aromatic carbocycles. The van der Waals surface area contributed by atoms with Gasteiger partial charge in [-0.05, 0) is 36.2 Å². The van der Waals surface area contributed by atoms with Crippen molar-refractivity contribution in [2.24, 2.45) is 0 Å². The third kappa shape index (κ3) is 5.29. The summed E-state index contributed by atoms with van der Waals surface area (Å²) in [6, 6.07) is 7.32. The molecule has 0 radical (unpaired) electrons. The van der Waals surface area contributed by atoms with E-state index in [0.29, 0.717) is 5.56 Å². The van der Waals surface area contributed by atoms with Crippen LogP contribution in [0.4, 0.5) is 8.78 Å². The van der Waals surface area contributed by atoms with Gasteiger partial charge in [0.15, 0.2) is 11.5 Å². The fourth-order valence-electron chi connectivity index (χ4n) is 3.55. The summed E-state index contributed by atoms with van der Waals surface area (Å²) in [5.41, 5.74) is 0.590. The third-order valence-electron chi connectivity index (χ3n) is 5.04. The third-order valence-corrected chi connectivity index (χ3v) is 5.04. The molecular weight excluding hydrogens is 430 g/mol. The van der Waals surface area contributed by atoms with Crippen LogP contribution in [-0.4, -0.2) is 57.1 Å². The summed E-state index contributed by atoms with van der Waals surface area (Å²) in [4.78, 5) is 40.9. The number of carboxylic acids is 1. The second-order valence-corrected chi connectivity index (χ2v) is 7.15. The van der Waals surface area contributed by atoms with E-state index in [0.717, 1.165) is 0 Å². The van der Waals surface area contributed by atoms with Gasteiger partial charge in [0, 0.05) is 19.4 Å². The number of aromatic nitrogens is 1. The number of rotatable bonds is 7. The number of phenolic OH excluding ortho intramolecular Hbond substituents is 1. The fourth-order valence-corrected chi connectivity index (χ4v) is 3.55. The normalized spacial score (nSPS) is 17.9. The van der Waals surface area contributed by atoms with Crippen molar-refractivity contribution < 1.29 is 42.9 Å². The largest absolute Gasteiger partial charge is 0.504 e. The van der Waals surface area contributed by atoms with E-state index in [4.69, 9.17) is 9.84 Å². The van der Waals surface area contributed by atoms with Crippen LogP contribution in [0, 0.1) is 0 Å². The first kappa shape index (κ1) is 22.9. The van der Waals surface area contributed by atoms with Crippen LogP contribution in [-0.2, 0) is 20.9 Å². The van der Waals surface area contributed by atoms with Crippen LogP contribution in [0.1, 0.15) is 41.0 Å². The number of amides is 1. The molecule has 3 rings (SSSR count). The van der Waals surface area contributed by atoms with Gasteiger partial charge in [0.25, 0.3) is 0 Å². The van der Waals surface area contributed by atoms with Gasteiger partial charge < -0.3 is 24.6 Å². The Bertz CT molecular complexity index is 1030. The summed E-state index contributed by atoms with van der Waals surface area (Å²) in [6.07, 6.45) is 0.190. The summed E-state index contributed by atoms with van der Waals surface area (Å²) in [7, 11) is 0. The molecule has 0 saturated carbocycles. The van der Waals surface area contributed by atoms with Gasteiger partial charge in [0.05, 0.1) is 5.69 Å². The molecule has 2 heterocycles. The Morgan fingerprint density at radius 1 is 1.25 bits per heavy atom. The minimum absolute atomic E-state index is 0.163. The highest BCUT2D eigenvalue weighted by Crippen LogP contribution is 2.37. The molecule has 1 aliphatic rings. The van der Waals surface area contributed by atoms with Crippen LogP contribution >= 0.6 is 0 Å². The summed E-state index contributed by atoms with van der Waals surface area (Å²) >= 11 is 0. The number of carboxylic acid groups (broad SMARTS) is 1. The molecule has 1 fully saturated rings. The summed E-state index contributed by atoms with van der Waals surface area (Å²) in [5.74, 6) is -3.47. The molecule has 0 unspecified atom stereocenters. The van der Waals surface area contributed by atoms with Crippen molar-refractivity contribution in [2.75, 3.05) is 6.54 Å². The first-order chi connectivity index (χ1) is 15.2. The number of aromatic hydroxyl groups is 1. The zero-order valence-electron chi connectivity index (χ0n) is 16.9. The van der Waals surface area contributed by atoms with Crippen LogP contribution < -0.4 is 4.74 Å². The van der Waals surface area contributed by atoms with Crippen LogP contribution in [0.5, 0.6) is 11.5 Å². The Labute approximate surface area is 181 Å². The molecule has 2 N–H and O–H groups in total. The van der Waals surface area contributed by atoms with E-state index in [1.807, 2.05) is 0 Å². The second-order valence-electron chi connectivity index (χ2n) is 7.15. The number of benzene rings is 1. The topological polar surface area (TPSA) is 126 Å². The molecule has 11 heteroatoms.